The largest absolute Gasteiger partial charge is 0.336 e. The lowest BCUT2D eigenvalue weighted by molar-refractivity contribution is 0.0944. The summed E-state index contributed by atoms with van der Waals surface area (Å²) in [5.41, 5.74) is 1.19. The third-order valence-electron chi connectivity index (χ3n) is 1.94. The summed E-state index contributed by atoms with van der Waals surface area (Å²) < 4.78 is 0. The molecule has 0 aliphatic rings. The fourth-order valence-electron chi connectivity index (χ4n) is 1.04. The molecule has 0 spiro atoms. The Hall–Kier alpha value is -1.83. The highest BCUT2D eigenvalue weighted by atomic mass is 16.1. The van der Waals surface area contributed by atoms with Gasteiger partial charge in [-0.3, -0.25) is 9.89 Å². The molecule has 1 unspecified atom stereocenters. The van der Waals surface area contributed by atoms with Crippen LogP contribution in [-0.4, -0.2) is 22.1 Å². The smallest absolute Gasteiger partial charge is 0.255 e. The number of nitrogens with zero attached hydrogens (tertiary/aromatic N) is 2. The van der Waals surface area contributed by atoms with Crippen molar-refractivity contribution in [1.29, 1.82) is 5.26 Å². The molecule has 1 aromatic rings. The number of nitriles is 1. The third kappa shape index (κ3) is 2.10. The molecule has 1 rings (SSSR count). The average Bonchev–Trinajstić information content (AvgIpc) is 2.60. The minimum absolute atomic E-state index is 0.260. The van der Waals surface area contributed by atoms with E-state index in [1.54, 1.807) is 6.92 Å². The lowest BCUT2D eigenvalue weighted by atomic mass is 10.2. The lowest BCUT2D eigenvalue weighted by Gasteiger charge is -2.07. The number of carbonyl (C=O) groups is 1. The summed E-state index contributed by atoms with van der Waals surface area (Å²) in [5.74, 6) is -0.260. The second-order valence-corrected chi connectivity index (χ2v) is 2.97. The number of amides is 1. The second-order valence-electron chi connectivity index (χ2n) is 2.97. The third-order valence-corrected chi connectivity index (χ3v) is 1.94. The van der Waals surface area contributed by atoms with Gasteiger partial charge in [0.2, 0.25) is 0 Å². The number of rotatable bonds is 3. The van der Waals surface area contributed by atoms with Gasteiger partial charge in [0.05, 0.1) is 17.8 Å². The van der Waals surface area contributed by atoms with E-state index >= 15 is 0 Å². The van der Waals surface area contributed by atoms with Crippen LogP contribution in [0.2, 0.25) is 0 Å². The first-order valence-corrected chi connectivity index (χ1v) is 4.39. The van der Waals surface area contributed by atoms with Crippen LogP contribution in [-0.2, 0) is 0 Å². The highest BCUT2D eigenvalue weighted by Gasteiger charge is 2.14. The molecule has 74 valence electrons. The average molecular weight is 192 g/mol. The molecular weight excluding hydrogens is 180 g/mol. The number of aromatic amines is 1. The highest BCUT2D eigenvalue weighted by molar-refractivity contribution is 5.95. The molecule has 0 radical (unpaired) electrons. The number of nitrogens with one attached hydrogen (secondary N) is 2. The molecule has 0 aliphatic carbocycles. The van der Waals surface area contributed by atoms with Gasteiger partial charge in [-0.05, 0) is 13.3 Å². The van der Waals surface area contributed by atoms with Crippen LogP contribution in [0.15, 0.2) is 6.20 Å². The van der Waals surface area contributed by atoms with E-state index in [2.05, 4.69) is 15.5 Å². The number of aryl methyl sites for hydroxylation is 1. The summed E-state index contributed by atoms with van der Waals surface area (Å²) in [4.78, 5) is 11.5. The van der Waals surface area contributed by atoms with Crippen LogP contribution >= 0.6 is 0 Å². The predicted molar refractivity (Wildman–Crippen MR) is 50.5 cm³/mol. The minimum Gasteiger partial charge on any atom is -0.336 e. The topological polar surface area (TPSA) is 81.6 Å². The van der Waals surface area contributed by atoms with Crippen LogP contribution in [0.5, 0.6) is 0 Å². The Kier molecular flexibility index (Phi) is 3.24. The zero-order chi connectivity index (χ0) is 10.6. The van der Waals surface area contributed by atoms with Gasteiger partial charge < -0.3 is 5.32 Å². The van der Waals surface area contributed by atoms with E-state index in [9.17, 15) is 4.79 Å². The molecule has 0 saturated heterocycles. The van der Waals surface area contributed by atoms with Crippen LogP contribution in [0.25, 0.3) is 0 Å². The molecule has 0 bridgehead atoms. The van der Waals surface area contributed by atoms with Crippen LogP contribution in [0.3, 0.4) is 0 Å². The second kappa shape index (κ2) is 4.42. The Balaban J connectivity index is 2.69. The molecule has 0 aromatic carbocycles. The number of hydrogen-bond donors (Lipinski definition) is 2. The van der Waals surface area contributed by atoms with Crippen molar-refractivity contribution in [2.24, 2.45) is 0 Å². The number of H-pyrrole nitrogens is 1. The maximum absolute atomic E-state index is 11.5. The fourth-order valence-corrected chi connectivity index (χ4v) is 1.04. The maximum atomic E-state index is 11.5. The van der Waals surface area contributed by atoms with Crippen LogP contribution in [0.4, 0.5) is 0 Å². The number of carbonyl (C=O) groups excluding carboxylic acids is 1. The van der Waals surface area contributed by atoms with Gasteiger partial charge in [0, 0.05) is 5.69 Å². The highest BCUT2D eigenvalue weighted by Crippen LogP contribution is 2.02. The summed E-state index contributed by atoms with van der Waals surface area (Å²) in [6.45, 7) is 3.60. The first-order chi connectivity index (χ1) is 6.69. The molecule has 5 nitrogen and oxygen atoms in total. The standard InChI is InChI=1S/C9H12N4O/c1-3-7(4-10)12-9(14)8-5-11-13-6(8)2/h5,7H,3H2,1-2H3,(H,11,13)(H,12,14). The summed E-state index contributed by atoms with van der Waals surface area (Å²) in [6, 6.07) is 1.57. The zero-order valence-electron chi connectivity index (χ0n) is 8.16. The molecule has 1 atom stereocenters. The summed E-state index contributed by atoms with van der Waals surface area (Å²) in [5, 5.41) is 17.7. The van der Waals surface area contributed by atoms with Gasteiger partial charge in [-0.2, -0.15) is 10.4 Å². The van der Waals surface area contributed by atoms with Crippen molar-refractivity contribution >= 4 is 5.91 Å². The van der Waals surface area contributed by atoms with Crippen LogP contribution < -0.4 is 5.32 Å². The van der Waals surface area contributed by atoms with Crippen molar-refractivity contribution in [3.63, 3.8) is 0 Å². The molecule has 0 saturated carbocycles. The van der Waals surface area contributed by atoms with E-state index in [1.165, 1.54) is 6.20 Å². The van der Waals surface area contributed by atoms with E-state index in [1.807, 2.05) is 13.0 Å². The molecule has 5 heteroatoms. The Morgan fingerprint density at radius 2 is 2.57 bits per heavy atom. The zero-order valence-corrected chi connectivity index (χ0v) is 8.16. The predicted octanol–water partition coefficient (Wildman–Crippen LogP) is 0.750. The maximum Gasteiger partial charge on any atom is 0.255 e. The van der Waals surface area contributed by atoms with Crippen molar-refractivity contribution in [3.05, 3.63) is 17.5 Å². The van der Waals surface area contributed by atoms with Crippen molar-refractivity contribution in [2.45, 2.75) is 26.3 Å². The Bertz CT molecular complexity index is 363. The van der Waals surface area contributed by atoms with E-state index < -0.39 is 6.04 Å². The summed E-state index contributed by atoms with van der Waals surface area (Å²) in [7, 11) is 0. The Labute approximate surface area is 82.1 Å². The minimum atomic E-state index is -0.434. The molecule has 14 heavy (non-hydrogen) atoms. The number of hydrogen-bond acceptors (Lipinski definition) is 3. The van der Waals surface area contributed by atoms with Crippen molar-refractivity contribution in [2.75, 3.05) is 0 Å². The van der Waals surface area contributed by atoms with E-state index in [0.29, 0.717) is 17.7 Å². The molecule has 2 N–H and O–H groups in total. The van der Waals surface area contributed by atoms with E-state index in [-0.39, 0.29) is 5.91 Å². The van der Waals surface area contributed by atoms with Crippen LogP contribution in [0, 0.1) is 18.3 Å². The van der Waals surface area contributed by atoms with Gasteiger partial charge in [0.25, 0.3) is 5.91 Å². The van der Waals surface area contributed by atoms with Gasteiger partial charge in [0.1, 0.15) is 6.04 Å². The van der Waals surface area contributed by atoms with Gasteiger partial charge in [-0.15, -0.1) is 0 Å². The molecule has 0 fully saturated rings. The summed E-state index contributed by atoms with van der Waals surface area (Å²) in [6.07, 6.45) is 2.05. The van der Waals surface area contributed by atoms with Gasteiger partial charge in [-0.25, -0.2) is 0 Å². The summed E-state index contributed by atoms with van der Waals surface area (Å²) >= 11 is 0. The first kappa shape index (κ1) is 10.3. The van der Waals surface area contributed by atoms with Crippen molar-refractivity contribution in [3.8, 4) is 6.07 Å². The molecular formula is C9H12N4O. The van der Waals surface area contributed by atoms with Crippen LogP contribution in [0.1, 0.15) is 29.4 Å². The number of aromatic nitrogens is 2. The molecule has 1 heterocycles. The van der Waals surface area contributed by atoms with E-state index in [0.717, 1.165) is 0 Å². The lowest BCUT2D eigenvalue weighted by Crippen LogP contribution is -2.33. The normalized spacial score (nSPS) is 11.8. The van der Waals surface area contributed by atoms with E-state index in [4.69, 9.17) is 5.26 Å². The van der Waals surface area contributed by atoms with Gasteiger partial charge in [0.15, 0.2) is 0 Å². The van der Waals surface area contributed by atoms with Gasteiger partial charge in [-0.1, -0.05) is 6.92 Å². The SMILES string of the molecule is CCC(C#N)NC(=O)c1cn[nH]c1C. The first-order valence-electron chi connectivity index (χ1n) is 4.39. The van der Waals surface area contributed by atoms with Crippen molar-refractivity contribution < 1.29 is 4.79 Å². The fraction of sp³-hybridized carbons (Fsp3) is 0.444. The molecule has 1 amide bonds. The monoisotopic (exact) mass is 192 g/mol. The molecule has 0 aliphatic heterocycles. The molecule has 1 aromatic heterocycles. The quantitative estimate of drug-likeness (QED) is 0.741. The Morgan fingerprint density at radius 3 is 3.00 bits per heavy atom. The van der Waals surface area contributed by atoms with Crippen molar-refractivity contribution in [1.82, 2.24) is 15.5 Å². The Morgan fingerprint density at radius 1 is 1.86 bits per heavy atom. The van der Waals surface area contributed by atoms with Gasteiger partial charge >= 0.3 is 0 Å².